The molecule has 5 rings (SSSR count). The summed E-state index contributed by atoms with van der Waals surface area (Å²) in [6.45, 7) is 3.33. The molecule has 1 N–H and O–H groups in total. The Kier molecular flexibility index (Phi) is 7.16. The van der Waals surface area contributed by atoms with Crippen LogP contribution in [-0.2, 0) is 11.3 Å². The summed E-state index contributed by atoms with van der Waals surface area (Å²) in [6.07, 6.45) is -0.0625. The van der Waals surface area contributed by atoms with Gasteiger partial charge in [-0.2, -0.15) is 0 Å². The van der Waals surface area contributed by atoms with Gasteiger partial charge in [0.15, 0.2) is 0 Å². The van der Waals surface area contributed by atoms with Crippen LogP contribution in [0, 0.1) is 0 Å². The lowest BCUT2D eigenvalue weighted by Crippen LogP contribution is -2.45. The number of aliphatic hydroxyl groups is 1. The summed E-state index contributed by atoms with van der Waals surface area (Å²) < 4.78 is 6.26. The van der Waals surface area contributed by atoms with Crippen molar-refractivity contribution in [1.82, 2.24) is 4.90 Å². The zero-order valence-corrected chi connectivity index (χ0v) is 19.4. The van der Waals surface area contributed by atoms with Gasteiger partial charge in [0.1, 0.15) is 0 Å². The summed E-state index contributed by atoms with van der Waals surface area (Å²) in [5, 5.41) is 10.6. The molecule has 4 aromatic rings. The van der Waals surface area contributed by atoms with Crippen LogP contribution in [0.1, 0.15) is 17.0 Å². The number of nitrogens with zero attached hydrogens (tertiary/aromatic N) is 1. The molecule has 1 heterocycles. The van der Waals surface area contributed by atoms with Crippen molar-refractivity contribution in [3.8, 4) is 22.3 Å². The van der Waals surface area contributed by atoms with E-state index in [1.165, 1.54) is 22.3 Å². The quantitative estimate of drug-likeness (QED) is 0.376. The lowest BCUT2D eigenvalue weighted by Gasteiger charge is -2.37. The molecule has 1 aliphatic heterocycles. The molecule has 34 heavy (non-hydrogen) atoms. The van der Waals surface area contributed by atoms with Gasteiger partial charge in [-0.15, -0.1) is 0 Å². The van der Waals surface area contributed by atoms with E-state index in [4.69, 9.17) is 4.74 Å². The Morgan fingerprint density at radius 3 is 2.09 bits per heavy atom. The Balaban J connectivity index is 1.46. The number of hydrogen-bond donors (Lipinski definition) is 1. The van der Waals surface area contributed by atoms with Gasteiger partial charge in [-0.3, -0.25) is 4.90 Å². The van der Waals surface area contributed by atoms with Crippen molar-refractivity contribution >= 4 is 0 Å². The third kappa shape index (κ3) is 4.97. The van der Waals surface area contributed by atoms with Crippen molar-refractivity contribution in [2.75, 3.05) is 26.3 Å². The maximum Gasteiger partial charge on any atom is 0.0793 e. The molecule has 0 radical (unpaired) electrons. The topological polar surface area (TPSA) is 32.7 Å². The fourth-order valence-corrected chi connectivity index (χ4v) is 5.03. The van der Waals surface area contributed by atoms with Gasteiger partial charge in [-0.05, 0) is 33.4 Å². The molecule has 4 aromatic carbocycles. The Morgan fingerprint density at radius 1 is 0.735 bits per heavy atom. The van der Waals surface area contributed by atoms with Crippen LogP contribution < -0.4 is 0 Å². The minimum atomic E-state index is -0.0985. The van der Waals surface area contributed by atoms with Crippen LogP contribution >= 0.6 is 0 Å². The summed E-state index contributed by atoms with van der Waals surface area (Å²) in [4.78, 5) is 2.44. The van der Waals surface area contributed by atoms with Crippen molar-refractivity contribution in [3.05, 3.63) is 120 Å². The number of rotatable bonds is 7. The zero-order valence-electron chi connectivity index (χ0n) is 19.4. The average Bonchev–Trinajstić information content (AvgIpc) is 2.91. The van der Waals surface area contributed by atoms with Gasteiger partial charge in [-0.25, -0.2) is 0 Å². The lowest BCUT2D eigenvalue weighted by molar-refractivity contribution is -0.0520. The Bertz CT molecular complexity index is 1190. The molecule has 0 aliphatic carbocycles. The number of hydrogen-bond acceptors (Lipinski definition) is 3. The minimum absolute atomic E-state index is 0.0500. The van der Waals surface area contributed by atoms with Crippen LogP contribution in [0.25, 0.3) is 22.3 Å². The van der Waals surface area contributed by atoms with Gasteiger partial charge in [0.25, 0.3) is 0 Å². The van der Waals surface area contributed by atoms with Gasteiger partial charge >= 0.3 is 0 Å². The highest BCUT2D eigenvalue weighted by atomic mass is 16.5. The number of aliphatic hydroxyl groups excluding tert-OH is 1. The zero-order chi connectivity index (χ0) is 23.2. The third-order valence-electron chi connectivity index (χ3n) is 6.73. The molecule has 0 saturated carbocycles. The van der Waals surface area contributed by atoms with Gasteiger partial charge < -0.3 is 9.84 Å². The van der Waals surface area contributed by atoms with Crippen molar-refractivity contribution in [2.45, 2.75) is 18.6 Å². The first-order chi connectivity index (χ1) is 16.8. The second-order valence-electron chi connectivity index (χ2n) is 8.92. The number of ether oxygens (including phenoxy) is 1. The highest BCUT2D eigenvalue weighted by molar-refractivity contribution is 5.85. The molecule has 2 atom stereocenters. The molecule has 3 heteroatoms. The van der Waals surface area contributed by atoms with Crippen LogP contribution in [-0.4, -0.2) is 42.4 Å². The van der Waals surface area contributed by atoms with Crippen LogP contribution in [0.15, 0.2) is 109 Å². The third-order valence-corrected chi connectivity index (χ3v) is 6.73. The van der Waals surface area contributed by atoms with Crippen molar-refractivity contribution in [3.63, 3.8) is 0 Å². The van der Waals surface area contributed by atoms with E-state index in [2.05, 4.69) is 108 Å². The van der Waals surface area contributed by atoms with Crippen LogP contribution in [0.2, 0.25) is 0 Å². The monoisotopic (exact) mass is 449 g/mol. The predicted molar refractivity (Wildman–Crippen MR) is 139 cm³/mol. The van der Waals surface area contributed by atoms with Gasteiger partial charge in [0, 0.05) is 25.6 Å². The fourth-order valence-electron chi connectivity index (χ4n) is 5.03. The number of morpholine rings is 1. The maximum absolute atomic E-state index is 10.6. The Hall–Kier alpha value is -3.24. The van der Waals surface area contributed by atoms with Gasteiger partial charge in [0.05, 0.1) is 19.3 Å². The fraction of sp³-hybridized carbons (Fsp3) is 0.226. The normalized spacial score (nSPS) is 17.4. The Labute approximate surface area is 202 Å². The SMILES string of the molecule is OCC(c1ccccc1-c1ccccc1-c1ccccc1)C1CN(Cc2ccccc2)CCO1. The van der Waals surface area contributed by atoms with Crippen LogP contribution in [0.5, 0.6) is 0 Å². The molecule has 1 aliphatic rings. The highest BCUT2D eigenvalue weighted by Crippen LogP contribution is 2.38. The van der Waals surface area contributed by atoms with E-state index in [0.717, 1.165) is 30.8 Å². The summed E-state index contributed by atoms with van der Waals surface area (Å²) >= 11 is 0. The van der Waals surface area contributed by atoms with Gasteiger partial charge in [-0.1, -0.05) is 109 Å². The van der Waals surface area contributed by atoms with Crippen LogP contribution in [0.3, 0.4) is 0 Å². The first-order valence-corrected chi connectivity index (χ1v) is 12.1. The molecule has 0 amide bonds. The summed E-state index contributed by atoms with van der Waals surface area (Å²) in [5.41, 5.74) is 7.17. The van der Waals surface area contributed by atoms with Crippen molar-refractivity contribution in [2.24, 2.45) is 0 Å². The van der Waals surface area contributed by atoms with E-state index in [9.17, 15) is 5.11 Å². The smallest absolute Gasteiger partial charge is 0.0793 e. The summed E-state index contributed by atoms with van der Waals surface area (Å²) in [7, 11) is 0. The summed E-state index contributed by atoms with van der Waals surface area (Å²) in [5.74, 6) is -0.0985. The molecule has 0 spiro atoms. The molecule has 1 fully saturated rings. The van der Waals surface area contributed by atoms with E-state index >= 15 is 0 Å². The predicted octanol–water partition coefficient (Wildman–Crippen LogP) is 6.00. The molecule has 0 aromatic heterocycles. The van der Waals surface area contributed by atoms with E-state index in [-0.39, 0.29) is 18.6 Å². The van der Waals surface area contributed by atoms with E-state index in [1.807, 2.05) is 6.07 Å². The summed E-state index contributed by atoms with van der Waals surface area (Å²) in [6, 6.07) is 38.1. The Morgan fingerprint density at radius 2 is 1.35 bits per heavy atom. The second-order valence-corrected chi connectivity index (χ2v) is 8.92. The largest absolute Gasteiger partial charge is 0.396 e. The molecule has 1 saturated heterocycles. The van der Waals surface area contributed by atoms with Crippen LogP contribution in [0.4, 0.5) is 0 Å². The van der Waals surface area contributed by atoms with E-state index in [0.29, 0.717) is 6.61 Å². The average molecular weight is 450 g/mol. The van der Waals surface area contributed by atoms with E-state index in [1.54, 1.807) is 0 Å². The van der Waals surface area contributed by atoms with Gasteiger partial charge in [0.2, 0.25) is 0 Å². The van der Waals surface area contributed by atoms with E-state index < -0.39 is 0 Å². The first kappa shape index (κ1) is 22.5. The lowest BCUT2D eigenvalue weighted by atomic mass is 9.84. The molecular formula is C31H31NO2. The first-order valence-electron chi connectivity index (χ1n) is 12.1. The molecule has 0 bridgehead atoms. The maximum atomic E-state index is 10.6. The molecule has 3 nitrogen and oxygen atoms in total. The number of benzene rings is 4. The van der Waals surface area contributed by atoms with Crippen molar-refractivity contribution in [1.29, 1.82) is 0 Å². The highest BCUT2D eigenvalue weighted by Gasteiger charge is 2.30. The molecule has 2 unspecified atom stereocenters. The molecular weight excluding hydrogens is 418 g/mol. The second kappa shape index (κ2) is 10.8. The standard InChI is InChI=1S/C31H31NO2/c33-23-30(31-22-32(19-20-34-31)21-24-11-3-1-4-12-24)29-18-10-9-17-28(29)27-16-8-7-15-26(27)25-13-5-2-6-14-25/h1-18,30-31,33H,19-23H2. The molecule has 172 valence electrons. The van der Waals surface area contributed by atoms with Crippen molar-refractivity contribution < 1.29 is 9.84 Å². The minimum Gasteiger partial charge on any atom is -0.396 e.